The molecular weight excluding hydrogens is 721 g/mol. The molecule has 0 aliphatic heterocycles. The fourth-order valence-corrected chi connectivity index (χ4v) is 7.61. The lowest BCUT2D eigenvalue weighted by molar-refractivity contribution is -0.167. The number of esters is 3. The first kappa shape index (κ1) is 56.1. The van der Waals surface area contributed by atoms with E-state index >= 15 is 0 Å². The largest absolute Gasteiger partial charge is 0.462 e. The van der Waals surface area contributed by atoms with E-state index in [-0.39, 0.29) is 31.1 Å². The molecule has 1 atom stereocenters. The van der Waals surface area contributed by atoms with Gasteiger partial charge in [0.25, 0.3) is 0 Å². The van der Waals surface area contributed by atoms with E-state index < -0.39 is 6.10 Å². The topological polar surface area (TPSA) is 78.9 Å². The highest BCUT2D eigenvalue weighted by Crippen LogP contribution is 2.16. The molecule has 0 rings (SSSR count). The predicted molar refractivity (Wildman–Crippen MR) is 247 cm³/mol. The summed E-state index contributed by atoms with van der Waals surface area (Å²) >= 11 is 0. The predicted octanol–water partition coefficient (Wildman–Crippen LogP) is 16.6. The SMILES string of the molecule is CCCCCCCCC/C=C\CCCCCCCCCC(=O)OCC(COC(=O)CCCCCCCC)OC(=O)CCCCCCCCCCCCCCCCCC. The summed E-state index contributed by atoms with van der Waals surface area (Å²) in [5, 5.41) is 0. The Hall–Kier alpha value is -1.85. The van der Waals surface area contributed by atoms with E-state index in [1.54, 1.807) is 0 Å². The fraction of sp³-hybridized carbons (Fsp3) is 0.904. The van der Waals surface area contributed by atoms with Crippen molar-refractivity contribution in [3.8, 4) is 0 Å². The maximum atomic E-state index is 12.7. The van der Waals surface area contributed by atoms with Crippen LogP contribution in [0.25, 0.3) is 0 Å². The monoisotopic (exact) mass is 819 g/mol. The summed E-state index contributed by atoms with van der Waals surface area (Å²) < 4.78 is 16.7. The maximum absolute atomic E-state index is 12.7. The number of hydrogen-bond donors (Lipinski definition) is 0. The van der Waals surface area contributed by atoms with Crippen LogP contribution in [0.3, 0.4) is 0 Å². The summed E-state index contributed by atoms with van der Waals surface area (Å²) in [7, 11) is 0. The van der Waals surface area contributed by atoms with Crippen LogP contribution in [0.2, 0.25) is 0 Å². The van der Waals surface area contributed by atoms with Gasteiger partial charge in [0.15, 0.2) is 6.10 Å². The van der Waals surface area contributed by atoms with Crippen molar-refractivity contribution in [2.45, 2.75) is 290 Å². The van der Waals surface area contributed by atoms with Gasteiger partial charge in [-0.15, -0.1) is 0 Å². The van der Waals surface area contributed by atoms with Gasteiger partial charge in [-0.05, 0) is 44.9 Å². The van der Waals surface area contributed by atoms with Crippen molar-refractivity contribution in [2.75, 3.05) is 13.2 Å². The van der Waals surface area contributed by atoms with E-state index in [1.807, 2.05) is 0 Å². The Morgan fingerprint density at radius 3 is 0.862 bits per heavy atom. The van der Waals surface area contributed by atoms with Gasteiger partial charge in [-0.2, -0.15) is 0 Å². The van der Waals surface area contributed by atoms with Crippen molar-refractivity contribution >= 4 is 17.9 Å². The third-order valence-electron chi connectivity index (χ3n) is 11.5. The van der Waals surface area contributed by atoms with Gasteiger partial charge in [0.1, 0.15) is 13.2 Å². The van der Waals surface area contributed by atoms with Crippen molar-refractivity contribution in [3.05, 3.63) is 12.2 Å². The molecule has 342 valence electrons. The smallest absolute Gasteiger partial charge is 0.306 e. The molecule has 6 heteroatoms. The average Bonchev–Trinajstić information content (AvgIpc) is 3.22. The van der Waals surface area contributed by atoms with Crippen molar-refractivity contribution in [3.63, 3.8) is 0 Å². The van der Waals surface area contributed by atoms with Crippen molar-refractivity contribution in [2.24, 2.45) is 0 Å². The minimum absolute atomic E-state index is 0.0678. The van der Waals surface area contributed by atoms with E-state index in [2.05, 4.69) is 32.9 Å². The lowest BCUT2D eigenvalue weighted by atomic mass is 10.0. The molecule has 0 fully saturated rings. The Labute approximate surface area is 360 Å². The molecule has 6 nitrogen and oxygen atoms in total. The second-order valence-corrected chi connectivity index (χ2v) is 17.4. The molecule has 0 aliphatic rings. The lowest BCUT2D eigenvalue weighted by Gasteiger charge is -2.18. The van der Waals surface area contributed by atoms with Crippen LogP contribution in [0.5, 0.6) is 0 Å². The van der Waals surface area contributed by atoms with Crippen LogP contribution in [0.4, 0.5) is 0 Å². The quantitative estimate of drug-likeness (QED) is 0.0263. The molecule has 1 unspecified atom stereocenters. The Morgan fingerprint density at radius 1 is 0.328 bits per heavy atom. The van der Waals surface area contributed by atoms with Gasteiger partial charge in [0, 0.05) is 19.3 Å². The number of carbonyl (C=O) groups excluding carboxylic acids is 3. The second-order valence-electron chi connectivity index (χ2n) is 17.4. The summed E-state index contributed by atoms with van der Waals surface area (Å²) in [5.41, 5.74) is 0. The number of hydrogen-bond acceptors (Lipinski definition) is 6. The summed E-state index contributed by atoms with van der Waals surface area (Å²) in [6.07, 6.45) is 52.2. The molecule has 0 aromatic carbocycles. The third kappa shape index (κ3) is 45.2. The number of allylic oxidation sites excluding steroid dienone is 2. The van der Waals surface area contributed by atoms with E-state index in [0.29, 0.717) is 19.3 Å². The van der Waals surface area contributed by atoms with Crippen molar-refractivity contribution < 1.29 is 28.6 Å². The minimum Gasteiger partial charge on any atom is -0.462 e. The van der Waals surface area contributed by atoms with E-state index in [4.69, 9.17) is 14.2 Å². The molecule has 0 aromatic heterocycles. The van der Waals surface area contributed by atoms with Crippen LogP contribution in [0.1, 0.15) is 284 Å². The zero-order valence-electron chi connectivity index (χ0n) is 39.1. The van der Waals surface area contributed by atoms with Crippen LogP contribution in [-0.4, -0.2) is 37.2 Å². The molecule has 58 heavy (non-hydrogen) atoms. The fourth-order valence-electron chi connectivity index (χ4n) is 7.61. The first-order valence-electron chi connectivity index (χ1n) is 25.7. The number of unbranched alkanes of at least 4 members (excludes halogenated alkanes) is 34. The number of carbonyl (C=O) groups is 3. The highest BCUT2D eigenvalue weighted by atomic mass is 16.6. The van der Waals surface area contributed by atoms with E-state index in [1.165, 1.54) is 186 Å². The van der Waals surface area contributed by atoms with Gasteiger partial charge >= 0.3 is 17.9 Å². The molecule has 0 saturated carbocycles. The highest BCUT2D eigenvalue weighted by Gasteiger charge is 2.19. The summed E-state index contributed by atoms with van der Waals surface area (Å²) in [6.45, 7) is 6.61. The zero-order chi connectivity index (χ0) is 42.3. The van der Waals surface area contributed by atoms with Crippen LogP contribution in [-0.2, 0) is 28.6 Å². The molecule has 0 amide bonds. The minimum atomic E-state index is -0.763. The van der Waals surface area contributed by atoms with E-state index in [0.717, 1.165) is 57.8 Å². The van der Waals surface area contributed by atoms with Crippen molar-refractivity contribution in [1.29, 1.82) is 0 Å². The summed E-state index contributed by atoms with van der Waals surface area (Å²) in [5.74, 6) is -0.866. The Kier molecular flexibility index (Phi) is 46.3. The van der Waals surface area contributed by atoms with Crippen LogP contribution in [0, 0.1) is 0 Å². The van der Waals surface area contributed by atoms with Crippen molar-refractivity contribution in [1.82, 2.24) is 0 Å². The second kappa shape index (κ2) is 47.8. The summed E-state index contributed by atoms with van der Waals surface area (Å²) in [4.78, 5) is 37.7. The third-order valence-corrected chi connectivity index (χ3v) is 11.5. The number of ether oxygens (including phenoxy) is 3. The van der Waals surface area contributed by atoms with Crippen LogP contribution >= 0.6 is 0 Å². The normalized spacial score (nSPS) is 12.0. The molecule has 0 saturated heterocycles. The molecule has 0 N–H and O–H groups in total. The zero-order valence-corrected chi connectivity index (χ0v) is 39.1. The molecule has 0 aliphatic carbocycles. The highest BCUT2D eigenvalue weighted by molar-refractivity contribution is 5.71. The van der Waals surface area contributed by atoms with Crippen LogP contribution in [0.15, 0.2) is 12.2 Å². The molecule has 0 bridgehead atoms. The lowest BCUT2D eigenvalue weighted by Crippen LogP contribution is -2.30. The maximum Gasteiger partial charge on any atom is 0.306 e. The molecular formula is C52H98O6. The van der Waals surface area contributed by atoms with Gasteiger partial charge in [0.05, 0.1) is 0 Å². The first-order valence-corrected chi connectivity index (χ1v) is 25.7. The van der Waals surface area contributed by atoms with Gasteiger partial charge in [-0.25, -0.2) is 0 Å². The molecule has 0 heterocycles. The number of rotatable bonds is 47. The molecule has 0 aromatic rings. The van der Waals surface area contributed by atoms with Gasteiger partial charge in [-0.1, -0.05) is 232 Å². The first-order chi connectivity index (χ1) is 28.5. The summed E-state index contributed by atoms with van der Waals surface area (Å²) in [6, 6.07) is 0. The van der Waals surface area contributed by atoms with Crippen LogP contribution < -0.4 is 0 Å². The van der Waals surface area contributed by atoms with Gasteiger partial charge < -0.3 is 14.2 Å². The van der Waals surface area contributed by atoms with E-state index in [9.17, 15) is 14.4 Å². The Bertz CT molecular complexity index is 900. The Morgan fingerprint density at radius 2 is 0.569 bits per heavy atom. The standard InChI is InChI=1S/C52H98O6/c1-4-7-10-13-16-18-20-22-24-26-27-29-30-32-34-36-39-42-45-51(54)57-48-49(47-56-50(53)44-41-38-15-12-9-6-3)58-52(55)46-43-40-37-35-33-31-28-25-23-21-19-17-14-11-8-5-2/h24,26,49H,4-23,25,27-48H2,1-3H3/b26-24-. The molecule has 0 radical (unpaired) electrons. The molecule has 0 spiro atoms. The van der Waals surface area contributed by atoms with Gasteiger partial charge in [0.2, 0.25) is 0 Å². The Balaban J connectivity index is 4.17. The average molecular weight is 819 g/mol. The van der Waals surface area contributed by atoms with Gasteiger partial charge in [-0.3, -0.25) is 14.4 Å².